The van der Waals surface area contributed by atoms with Crippen LogP contribution < -0.4 is 15.2 Å². The van der Waals surface area contributed by atoms with E-state index in [0.29, 0.717) is 0 Å². The lowest BCUT2D eigenvalue weighted by molar-refractivity contribution is 0.102. The van der Waals surface area contributed by atoms with Crippen LogP contribution >= 0.6 is 11.6 Å². The number of ether oxygens (including phenoxy) is 1. The van der Waals surface area contributed by atoms with Gasteiger partial charge in [-0.2, -0.15) is 0 Å². The molecule has 0 spiro atoms. The van der Waals surface area contributed by atoms with Gasteiger partial charge in [0.05, 0.1) is 15.5 Å². The summed E-state index contributed by atoms with van der Waals surface area (Å²) in [6.45, 7) is 0. The Hall–Kier alpha value is -2.88. The van der Waals surface area contributed by atoms with Gasteiger partial charge in [-0.1, -0.05) is 17.7 Å². The van der Waals surface area contributed by atoms with Gasteiger partial charge in [0.15, 0.2) is 0 Å². The van der Waals surface area contributed by atoms with Gasteiger partial charge in [0.25, 0.3) is 12.3 Å². The standard InChI is InChI=1S/C20H14ClF3N2O3S/c21-16-9-12(22)5-7-18(16)29-17-6-4-11(19(23)24)8-15(17)20(27)26-13-2-1-3-14(10-13)30(25)28/h1-10,19H,25H2,(H,26,27). The molecule has 0 saturated heterocycles. The van der Waals surface area contributed by atoms with Crippen LogP contribution in [-0.2, 0) is 11.0 Å². The van der Waals surface area contributed by atoms with Gasteiger partial charge in [-0.25, -0.2) is 22.5 Å². The van der Waals surface area contributed by atoms with E-state index in [1.807, 2.05) is 0 Å². The fourth-order valence-electron chi connectivity index (χ4n) is 2.52. The van der Waals surface area contributed by atoms with Crippen LogP contribution in [0.5, 0.6) is 11.5 Å². The van der Waals surface area contributed by atoms with Crippen LogP contribution in [0.2, 0.25) is 5.02 Å². The Balaban J connectivity index is 1.96. The maximum atomic E-state index is 13.2. The van der Waals surface area contributed by atoms with E-state index in [0.717, 1.165) is 24.3 Å². The highest BCUT2D eigenvalue weighted by atomic mass is 35.5. The molecule has 0 aliphatic carbocycles. The van der Waals surface area contributed by atoms with Crippen molar-refractivity contribution in [2.75, 3.05) is 5.32 Å². The van der Waals surface area contributed by atoms with Gasteiger partial charge in [-0.15, -0.1) is 0 Å². The summed E-state index contributed by atoms with van der Waals surface area (Å²) in [5, 5.41) is 7.79. The summed E-state index contributed by atoms with van der Waals surface area (Å²) in [5.74, 6) is -1.37. The predicted molar refractivity (Wildman–Crippen MR) is 108 cm³/mol. The maximum absolute atomic E-state index is 13.2. The van der Waals surface area contributed by atoms with E-state index in [2.05, 4.69) is 5.32 Å². The third-order valence-corrected chi connectivity index (χ3v) is 4.95. The summed E-state index contributed by atoms with van der Waals surface area (Å²) in [6.07, 6.45) is -2.82. The topological polar surface area (TPSA) is 81.4 Å². The third-order valence-electron chi connectivity index (χ3n) is 3.94. The number of alkyl halides is 2. The largest absolute Gasteiger partial charge is 0.455 e. The second-order valence-electron chi connectivity index (χ2n) is 6.01. The molecule has 0 aliphatic heterocycles. The molecule has 10 heteroatoms. The summed E-state index contributed by atoms with van der Waals surface area (Å²) < 4.78 is 56.6. The smallest absolute Gasteiger partial charge is 0.263 e. The van der Waals surface area contributed by atoms with E-state index in [1.165, 1.54) is 36.4 Å². The second kappa shape index (κ2) is 9.29. The normalized spacial score (nSPS) is 11.9. The molecule has 0 aromatic heterocycles. The lowest BCUT2D eigenvalue weighted by atomic mass is 10.1. The number of carbonyl (C=O) groups is 1. The molecule has 0 heterocycles. The summed E-state index contributed by atoms with van der Waals surface area (Å²) in [6, 6.07) is 12.6. The van der Waals surface area contributed by atoms with Gasteiger partial charge in [0, 0.05) is 11.3 Å². The molecule has 3 N–H and O–H groups in total. The molecule has 1 amide bonds. The summed E-state index contributed by atoms with van der Waals surface area (Å²) in [5.41, 5.74) is -0.341. The maximum Gasteiger partial charge on any atom is 0.263 e. The lowest BCUT2D eigenvalue weighted by Gasteiger charge is -2.14. The van der Waals surface area contributed by atoms with Crippen molar-refractivity contribution in [3.8, 4) is 11.5 Å². The van der Waals surface area contributed by atoms with Crippen molar-refractivity contribution in [2.24, 2.45) is 5.14 Å². The molecule has 1 atom stereocenters. The minimum absolute atomic E-state index is 0.0393. The Morgan fingerprint density at radius 3 is 2.47 bits per heavy atom. The molecule has 5 nitrogen and oxygen atoms in total. The number of amides is 1. The van der Waals surface area contributed by atoms with E-state index >= 15 is 0 Å². The number of nitrogens with two attached hydrogens (primary N) is 1. The molecule has 0 bridgehead atoms. The van der Waals surface area contributed by atoms with Crippen molar-refractivity contribution in [1.29, 1.82) is 0 Å². The highest BCUT2D eigenvalue weighted by Gasteiger charge is 2.19. The first kappa shape index (κ1) is 21.8. The summed E-state index contributed by atoms with van der Waals surface area (Å²) in [4.78, 5) is 13.1. The summed E-state index contributed by atoms with van der Waals surface area (Å²) >= 11 is 5.94. The molecular formula is C20H14ClF3N2O3S. The Labute approximate surface area is 177 Å². The molecule has 3 aromatic rings. The molecule has 3 rings (SSSR count). The zero-order chi connectivity index (χ0) is 21.8. The molecule has 156 valence electrons. The SMILES string of the molecule is NS(=O)c1cccc(NC(=O)c2cc(C(F)F)ccc2Oc2ccc(F)cc2Cl)c1. The van der Waals surface area contributed by atoms with Crippen LogP contribution in [0.1, 0.15) is 22.3 Å². The third kappa shape index (κ3) is 5.18. The van der Waals surface area contributed by atoms with Crippen LogP contribution in [0, 0.1) is 5.82 Å². The number of carbonyl (C=O) groups excluding carboxylic acids is 1. The first-order chi connectivity index (χ1) is 14.2. The number of halogens is 4. The first-order valence-corrected chi connectivity index (χ1v) is 9.96. The van der Waals surface area contributed by atoms with Gasteiger partial charge in [0.1, 0.15) is 28.3 Å². The van der Waals surface area contributed by atoms with Gasteiger partial charge >= 0.3 is 0 Å². The Bertz CT molecular complexity index is 1130. The van der Waals surface area contributed by atoms with E-state index in [9.17, 15) is 22.2 Å². The van der Waals surface area contributed by atoms with Crippen LogP contribution in [0.4, 0.5) is 18.9 Å². The first-order valence-electron chi connectivity index (χ1n) is 8.37. The summed E-state index contributed by atoms with van der Waals surface area (Å²) in [7, 11) is -1.76. The number of anilines is 1. The van der Waals surface area contributed by atoms with Crippen molar-refractivity contribution in [1.82, 2.24) is 0 Å². The molecule has 0 saturated carbocycles. The number of nitrogens with one attached hydrogen (secondary N) is 1. The van der Waals surface area contributed by atoms with Gasteiger partial charge in [-0.05, 0) is 54.6 Å². The van der Waals surface area contributed by atoms with E-state index in [1.54, 1.807) is 0 Å². The van der Waals surface area contributed by atoms with Crippen molar-refractivity contribution < 1.29 is 26.9 Å². The second-order valence-corrected chi connectivity index (χ2v) is 7.49. The van der Waals surface area contributed by atoms with Crippen LogP contribution in [-0.4, -0.2) is 10.1 Å². The van der Waals surface area contributed by atoms with Crippen molar-refractivity contribution in [3.63, 3.8) is 0 Å². The lowest BCUT2D eigenvalue weighted by Crippen LogP contribution is -2.14. The van der Waals surface area contributed by atoms with E-state index < -0.39 is 34.7 Å². The minimum Gasteiger partial charge on any atom is -0.455 e. The highest BCUT2D eigenvalue weighted by molar-refractivity contribution is 7.82. The highest BCUT2D eigenvalue weighted by Crippen LogP contribution is 2.34. The average molecular weight is 455 g/mol. The zero-order valence-corrected chi connectivity index (χ0v) is 16.6. The molecule has 3 aromatic carbocycles. The van der Waals surface area contributed by atoms with E-state index in [-0.39, 0.29) is 32.7 Å². The minimum atomic E-state index is -2.82. The van der Waals surface area contributed by atoms with Gasteiger partial charge in [-0.3, -0.25) is 4.79 Å². The molecule has 30 heavy (non-hydrogen) atoms. The molecule has 1 unspecified atom stereocenters. The van der Waals surface area contributed by atoms with Crippen LogP contribution in [0.15, 0.2) is 65.6 Å². The van der Waals surface area contributed by atoms with Gasteiger partial charge in [0.2, 0.25) is 0 Å². The Morgan fingerprint density at radius 1 is 1.07 bits per heavy atom. The zero-order valence-electron chi connectivity index (χ0n) is 15.1. The van der Waals surface area contributed by atoms with Crippen LogP contribution in [0.3, 0.4) is 0 Å². The van der Waals surface area contributed by atoms with Crippen molar-refractivity contribution in [3.05, 3.63) is 82.6 Å². The van der Waals surface area contributed by atoms with Crippen LogP contribution in [0.25, 0.3) is 0 Å². The Morgan fingerprint density at radius 2 is 1.80 bits per heavy atom. The fourth-order valence-corrected chi connectivity index (χ4v) is 3.19. The fraction of sp³-hybridized carbons (Fsp3) is 0.0500. The Kier molecular flexibility index (Phi) is 6.76. The van der Waals surface area contributed by atoms with Crippen molar-refractivity contribution >= 4 is 34.2 Å². The number of benzene rings is 3. The number of rotatable bonds is 6. The molecule has 0 radical (unpaired) electrons. The quantitative estimate of drug-likeness (QED) is 0.520. The van der Waals surface area contributed by atoms with Crippen molar-refractivity contribution in [2.45, 2.75) is 11.3 Å². The predicted octanol–water partition coefficient (Wildman–Crippen LogP) is 5.44. The van der Waals surface area contributed by atoms with Gasteiger partial charge < -0.3 is 10.1 Å². The number of hydrogen-bond acceptors (Lipinski definition) is 3. The molecule has 0 fully saturated rings. The number of hydrogen-bond donors (Lipinski definition) is 2. The molecule has 0 aliphatic rings. The van der Waals surface area contributed by atoms with E-state index in [4.69, 9.17) is 21.5 Å². The molecular weight excluding hydrogens is 441 g/mol. The average Bonchev–Trinajstić information content (AvgIpc) is 2.70. The monoisotopic (exact) mass is 454 g/mol.